The van der Waals surface area contributed by atoms with Crippen LogP contribution >= 0.6 is 0 Å². The van der Waals surface area contributed by atoms with Gasteiger partial charge < -0.3 is 15.2 Å². The zero-order chi connectivity index (χ0) is 20.2. The third kappa shape index (κ3) is 3.93. The van der Waals surface area contributed by atoms with Crippen molar-refractivity contribution in [1.82, 2.24) is 9.97 Å². The Morgan fingerprint density at radius 2 is 1.66 bits per heavy atom. The third-order valence-corrected chi connectivity index (χ3v) is 4.33. The van der Waals surface area contributed by atoms with Crippen molar-refractivity contribution in [2.45, 2.75) is 0 Å². The summed E-state index contributed by atoms with van der Waals surface area (Å²) >= 11 is 0. The Balaban J connectivity index is 1.68. The molecule has 0 bridgehead atoms. The number of hydrogen-bond acceptors (Lipinski definition) is 6. The minimum atomic E-state index is -0.492. The molecule has 0 aliphatic rings. The maximum atomic E-state index is 12.5. The van der Waals surface area contributed by atoms with Crippen LogP contribution in [-0.4, -0.2) is 28.1 Å². The van der Waals surface area contributed by atoms with E-state index in [2.05, 4.69) is 20.6 Å². The van der Waals surface area contributed by atoms with Crippen LogP contribution in [-0.2, 0) is 0 Å². The first kappa shape index (κ1) is 18.2. The number of rotatable bonds is 5. The zero-order valence-electron chi connectivity index (χ0n) is 15.6. The molecule has 0 spiro atoms. The SMILES string of the molecule is COc1ccc(Nc2nc(NC(=O)c3ccccc3O)nc3ccccc23)cc1. The van der Waals surface area contributed by atoms with Crippen molar-refractivity contribution in [3.63, 3.8) is 0 Å². The number of carbonyl (C=O) groups excluding carboxylic acids is 1. The standard InChI is InChI=1S/C22H18N4O3/c1-29-15-12-10-14(11-13-15)23-20-16-6-2-4-8-18(16)24-22(25-20)26-21(28)17-7-3-5-9-19(17)27/h2-13,27H,1H3,(H2,23,24,25,26,28). The van der Waals surface area contributed by atoms with Crippen LogP contribution in [0, 0.1) is 0 Å². The molecule has 0 aliphatic carbocycles. The number of nitrogens with zero attached hydrogens (tertiary/aromatic N) is 2. The van der Waals surface area contributed by atoms with Gasteiger partial charge in [-0.3, -0.25) is 10.1 Å². The van der Waals surface area contributed by atoms with E-state index in [1.165, 1.54) is 12.1 Å². The number of fused-ring (bicyclic) bond motifs is 1. The first-order valence-corrected chi connectivity index (χ1v) is 8.91. The van der Waals surface area contributed by atoms with Crippen molar-refractivity contribution in [2.75, 3.05) is 17.7 Å². The number of para-hydroxylation sites is 2. The van der Waals surface area contributed by atoms with E-state index < -0.39 is 5.91 Å². The Kier molecular flexibility index (Phi) is 4.94. The molecule has 4 aromatic rings. The van der Waals surface area contributed by atoms with Gasteiger partial charge in [0.15, 0.2) is 0 Å². The monoisotopic (exact) mass is 386 g/mol. The van der Waals surface area contributed by atoms with Gasteiger partial charge in [-0.15, -0.1) is 0 Å². The molecule has 7 heteroatoms. The molecule has 0 saturated heterocycles. The van der Waals surface area contributed by atoms with E-state index in [-0.39, 0.29) is 17.3 Å². The molecule has 144 valence electrons. The number of aromatic nitrogens is 2. The summed E-state index contributed by atoms with van der Waals surface area (Å²) in [5.41, 5.74) is 1.63. The lowest BCUT2D eigenvalue weighted by atomic mass is 10.2. The van der Waals surface area contributed by atoms with E-state index in [1.807, 2.05) is 48.5 Å². The maximum absolute atomic E-state index is 12.5. The van der Waals surface area contributed by atoms with Crippen LogP contribution in [0.2, 0.25) is 0 Å². The third-order valence-electron chi connectivity index (χ3n) is 4.33. The Bertz CT molecular complexity index is 1180. The molecule has 1 amide bonds. The van der Waals surface area contributed by atoms with Crippen molar-refractivity contribution in [1.29, 1.82) is 0 Å². The first-order valence-electron chi connectivity index (χ1n) is 8.91. The van der Waals surface area contributed by atoms with Crippen molar-refractivity contribution in [3.05, 3.63) is 78.4 Å². The number of phenols is 1. The second-order valence-corrected chi connectivity index (χ2v) is 6.24. The molecule has 4 rings (SSSR count). The molecule has 0 unspecified atom stereocenters. The summed E-state index contributed by atoms with van der Waals surface area (Å²) in [6.07, 6.45) is 0. The molecular formula is C22H18N4O3. The summed E-state index contributed by atoms with van der Waals surface area (Å²) in [5, 5.41) is 16.6. The number of methoxy groups -OCH3 is 1. The van der Waals surface area contributed by atoms with Gasteiger partial charge in [-0.1, -0.05) is 24.3 Å². The molecule has 7 nitrogen and oxygen atoms in total. The van der Waals surface area contributed by atoms with Crippen molar-refractivity contribution < 1.29 is 14.6 Å². The highest BCUT2D eigenvalue weighted by molar-refractivity contribution is 6.06. The normalized spacial score (nSPS) is 10.5. The number of carbonyl (C=O) groups is 1. The molecule has 1 heterocycles. The number of amides is 1. The average Bonchev–Trinajstić information content (AvgIpc) is 2.74. The Morgan fingerprint density at radius 3 is 2.41 bits per heavy atom. The van der Waals surface area contributed by atoms with E-state index in [0.29, 0.717) is 11.3 Å². The van der Waals surface area contributed by atoms with Crippen LogP contribution in [0.5, 0.6) is 11.5 Å². The predicted octanol–water partition coefficient (Wildman–Crippen LogP) is 4.34. The van der Waals surface area contributed by atoms with Crippen molar-refractivity contribution >= 4 is 34.3 Å². The minimum absolute atomic E-state index is 0.109. The molecule has 0 radical (unpaired) electrons. The van der Waals surface area contributed by atoms with Gasteiger partial charge >= 0.3 is 0 Å². The second-order valence-electron chi connectivity index (χ2n) is 6.24. The highest BCUT2D eigenvalue weighted by Gasteiger charge is 2.14. The van der Waals surface area contributed by atoms with Gasteiger partial charge in [-0.2, -0.15) is 4.98 Å². The van der Waals surface area contributed by atoms with Gasteiger partial charge in [0, 0.05) is 11.1 Å². The van der Waals surface area contributed by atoms with Crippen molar-refractivity contribution in [2.24, 2.45) is 0 Å². The van der Waals surface area contributed by atoms with Crippen LogP contribution in [0.4, 0.5) is 17.5 Å². The van der Waals surface area contributed by atoms with Crippen LogP contribution in [0.3, 0.4) is 0 Å². The Morgan fingerprint density at radius 1 is 0.931 bits per heavy atom. The average molecular weight is 386 g/mol. The molecule has 0 aliphatic heterocycles. The van der Waals surface area contributed by atoms with E-state index >= 15 is 0 Å². The van der Waals surface area contributed by atoms with E-state index in [9.17, 15) is 9.90 Å². The van der Waals surface area contributed by atoms with Gasteiger partial charge in [0.25, 0.3) is 5.91 Å². The smallest absolute Gasteiger partial charge is 0.261 e. The summed E-state index contributed by atoms with van der Waals surface area (Å²) in [4.78, 5) is 21.4. The number of benzene rings is 3. The second kappa shape index (κ2) is 7.85. The number of anilines is 3. The number of nitrogens with one attached hydrogen (secondary N) is 2. The fourth-order valence-electron chi connectivity index (χ4n) is 2.87. The number of aromatic hydroxyl groups is 1. The van der Waals surface area contributed by atoms with Gasteiger partial charge in [0.1, 0.15) is 17.3 Å². The summed E-state index contributed by atoms with van der Waals surface area (Å²) in [7, 11) is 1.61. The Labute approximate surface area is 167 Å². The summed E-state index contributed by atoms with van der Waals surface area (Å²) in [6.45, 7) is 0. The largest absolute Gasteiger partial charge is 0.507 e. The molecule has 1 aromatic heterocycles. The van der Waals surface area contributed by atoms with Gasteiger partial charge in [-0.05, 0) is 48.5 Å². The van der Waals surface area contributed by atoms with Crippen molar-refractivity contribution in [3.8, 4) is 11.5 Å². The topological polar surface area (TPSA) is 96.4 Å². The van der Waals surface area contributed by atoms with Gasteiger partial charge in [0.2, 0.25) is 5.95 Å². The highest BCUT2D eigenvalue weighted by atomic mass is 16.5. The molecule has 0 atom stereocenters. The Hall–Kier alpha value is -4.13. The van der Waals surface area contributed by atoms with E-state index in [1.54, 1.807) is 19.2 Å². The van der Waals surface area contributed by atoms with Crippen LogP contribution in [0.25, 0.3) is 10.9 Å². The summed E-state index contributed by atoms with van der Waals surface area (Å²) in [6, 6.07) is 21.2. The lowest BCUT2D eigenvalue weighted by Crippen LogP contribution is -2.15. The molecule has 29 heavy (non-hydrogen) atoms. The number of ether oxygens (including phenoxy) is 1. The van der Waals surface area contributed by atoms with Crippen LogP contribution < -0.4 is 15.4 Å². The predicted molar refractivity (Wildman–Crippen MR) is 112 cm³/mol. The first-order chi connectivity index (χ1) is 14.1. The summed E-state index contributed by atoms with van der Waals surface area (Å²) < 4.78 is 5.18. The fourth-order valence-corrected chi connectivity index (χ4v) is 2.87. The number of phenolic OH excluding ortho intramolecular Hbond substituents is 1. The summed E-state index contributed by atoms with van der Waals surface area (Å²) in [5.74, 6) is 0.830. The van der Waals surface area contributed by atoms with Crippen LogP contribution in [0.15, 0.2) is 72.8 Å². The van der Waals surface area contributed by atoms with Crippen LogP contribution in [0.1, 0.15) is 10.4 Å². The zero-order valence-corrected chi connectivity index (χ0v) is 15.6. The van der Waals surface area contributed by atoms with Gasteiger partial charge in [-0.25, -0.2) is 4.98 Å². The van der Waals surface area contributed by atoms with E-state index in [4.69, 9.17) is 4.74 Å². The number of hydrogen-bond donors (Lipinski definition) is 3. The molecule has 3 N–H and O–H groups in total. The molecule has 3 aromatic carbocycles. The highest BCUT2D eigenvalue weighted by Crippen LogP contribution is 2.26. The van der Waals surface area contributed by atoms with Gasteiger partial charge in [0.05, 0.1) is 18.2 Å². The van der Waals surface area contributed by atoms with E-state index in [0.717, 1.165) is 16.8 Å². The minimum Gasteiger partial charge on any atom is -0.507 e. The molecule has 0 fully saturated rings. The molecular weight excluding hydrogens is 368 g/mol. The molecule has 0 saturated carbocycles. The lowest BCUT2D eigenvalue weighted by Gasteiger charge is -2.12. The maximum Gasteiger partial charge on any atom is 0.261 e. The quantitative estimate of drug-likeness (QED) is 0.472. The lowest BCUT2D eigenvalue weighted by molar-refractivity contribution is 0.102. The fraction of sp³-hybridized carbons (Fsp3) is 0.0455.